The smallest absolute Gasteiger partial charge is 0.0353 e. The number of piperidine rings is 1. The molecule has 1 aromatic carbocycles. The lowest BCUT2D eigenvalue weighted by molar-refractivity contribution is 0.176. The van der Waals surface area contributed by atoms with Crippen molar-refractivity contribution in [3.05, 3.63) is 24.3 Å². The zero-order valence-corrected chi connectivity index (χ0v) is 13.9. The number of benzene rings is 1. The van der Waals surface area contributed by atoms with Crippen molar-refractivity contribution in [1.82, 2.24) is 4.90 Å². The van der Waals surface area contributed by atoms with Crippen LogP contribution in [0.2, 0.25) is 0 Å². The lowest BCUT2D eigenvalue weighted by Crippen LogP contribution is -2.39. The second-order valence-electron chi connectivity index (χ2n) is 5.84. The van der Waals surface area contributed by atoms with Crippen LogP contribution >= 0.6 is 11.8 Å². The zero-order valence-electron chi connectivity index (χ0n) is 13.1. The maximum atomic E-state index is 3.70. The summed E-state index contributed by atoms with van der Waals surface area (Å²) in [7, 11) is 0. The van der Waals surface area contributed by atoms with Gasteiger partial charge in [0.15, 0.2) is 0 Å². The molecule has 0 aromatic heterocycles. The molecular weight excluding hydrogens is 264 g/mol. The van der Waals surface area contributed by atoms with Gasteiger partial charge in [0, 0.05) is 16.6 Å². The SMILES string of the molecule is CCCN1CCC(C(C)Nc2cccc(SC)c2)CC1. The Morgan fingerprint density at radius 2 is 2.10 bits per heavy atom. The van der Waals surface area contributed by atoms with Crippen molar-refractivity contribution in [3.8, 4) is 0 Å². The van der Waals surface area contributed by atoms with Crippen LogP contribution in [0.15, 0.2) is 29.2 Å². The van der Waals surface area contributed by atoms with E-state index in [2.05, 4.69) is 54.6 Å². The number of hydrogen-bond acceptors (Lipinski definition) is 3. The Morgan fingerprint density at radius 3 is 2.75 bits per heavy atom. The second-order valence-corrected chi connectivity index (χ2v) is 6.72. The fourth-order valence-corrected chi connectivity index (χ4v) is 3.55. The summed E-state index contributed by atoms with van der Waals surface area (Å²) in [5.41, 5.74) is 1.26. The van der Waals surface area contributed by atoms with Gasteiger partial charge in [0.05, 0.1) is 0 Å². The largest absolute Gasteiger partial charge is 0.382 e. The fraction of sp³-hybridized carbons (Fsp3) is 0.647. The molecule has 0 saturated carbocycles. The Labute approximate surface area is 128 Å². The van der Waals surface area contributed by atoms with Gasteiger partial charge in [-0.05, 0) is 76.2 Å². The minimum atomic E-state index is 0.566. The third-order valence-electron chi connectivity index (χ3n) is 4.34. The monoisotopic (exact) mass is 292 g/mol. The molecule has 2 nitrogen and oxygen atoms in total. The first-order valence-electron chi connectivity index (χ1n) is 7.86. The normalized spacial score (nSPS) is 18.9. The van der Waals surface area contributed by atoms with Gasteiger partial charge in [-0.15, -0.1) is 11.8 Å². The van der Waals surface area contributed by atoms with Gasteiger partial charge in [-0.25, -0.2) is 0 Å². The van der Waals surface area contributed by atoms with Gasteiger partial charge in [0.25, 0.3) is 0 Å². The summed E-state index contributed by atoms with van der Waals surface area (Å²) in [5, 5.41) is 3.70. The number of nitrogens with one attached hydrogen (secondary N) is 1. The van der Waals surface area contributed by atoms with Crippen molar-refractivity contribution < 1.29 is 0 Å². The van der Waals surface area contributed by atoms with Gasteiger partial charge >= 0.3 is 0 Å². The number of thioether (sulfide) groups is 1. The van der Waals surface area contributed by atoms with Crippen LogP contribution in [-0.2, 0) is 0 Å². The van der Waals surface area contributed by atoms with Gasteiger partial charge in [-0.2, -0.15) is 0 Å². The maximum Gasteiger partial charge on any atom is 0.0353 e. The van der Waals surface area contributed by atoms with Crippen molar-refractivity contribution in [1.29, 1.82) is 0 Å². The van der Waals surface area contributed by atoms with Crippen LogP contribution in [0.25, 0.3) is 0 Å². The molecule has 112 valence electrons. The number of likely N-dealkylation sites (tertiary alicyclic amines) is 1. The lowest BCUT2D eigenvalue weighted by Gasteiger charge is -2.35. The second kappa shape index (κ2) is 7.94. The molecule has 1 aromatic rings. The highest BCUT2D eigenvalue weighted by Crippen LogP contribution is 2.25. The van der Waals surface area contributed by atoms with Crippen LogP contribution < -0.4 is 5.32 Å². The van der Waals surface area contributed by atoms with E-state index in [4.69, 9.17) is 0 Å². The summed E-state index contributed by atoms with van der Waals surface area (Å²) >= 11 is 1.80. The maximum absolute atomic E-state index is 3.70. The quantitative estimate of drug-likeness (QED) is 0.786. The lowest BCUT2D eigenvalue weighted by atomic mass is 9.90. The topological polar surface area (TPSA) is 15.3 Å². The summed E-state index contributed by atoms with van der Waals surface area (Å²) in [6.07, 6.45) is 6.07. The molecule has 2 rings (SSSR count). The van der Waals surface area contributed by atoms with Crippen molar-refractivity contribution in [3.63, 3.8) is 0 Å². The molecular formula is C17H28N2S. The Kier molecular flexibility index (Phi) is 6.24. The molecule has 1 aliphatic heterocycles. The number of hydrogen-bond donors (Lipinski definition) is 1. The van der Waals surface area contributed by atoms with Crippen molar-refractivity contribution in [2.75, 3.05) is 31.2 Å². The highest BCUT2D eigenvalue weighted by Gasteiger charge is 2.23. The first kappa shape index (κ1) is 15.7. The summed E-state index contributed by atoms with van der Waals surface area (Å²) in [4.78, 5) is 3.94. The summed E-state index contributed by atoms with van der Waals surface area (Å²) < 4.78 is 0. The molecule has 1 N–H and O–H groups in total. The predicted molar refractivity (Wildman–Crippen MR) is 90.8 cm³/mol. The van der Waals surface area contributed by atoms with E-state index in [1.807, 2.05) is 0 Å². The molecule has 20 heavy (non-hydrogen) atoms. The molecule has 1 fully saturated rings. The molecule has 1 atom stereocenters. The minimum Gasteiger partial charge on any atom is -0.382 e. The molecule has 1 unspecified atom stereocenters. The summed E-state index contributed by atoms with van der Waals surface area (Å²) in [6, 6.07) is 9.32. The van der Waals surface area contributed by atoms with Gasteiger partial charge < -0.3 is 10.2 Å². The van der Waals surface area contributed by atoms with Gasteiger partial charge in [0.2, 0.25) is 0 Å². The molecule has 1 aliphatic rings. The summed E-state index contributed by atoms with van der Waals surface area (Å²) in [5.74, 6) is 0.807. The molecule has 0 radical (unpaired) electrons. The van der Waals surface area contributed by atoms with Crippen LogP contribution in [0.5, 0.6) is 0 Å². The Bertz CT molecular complexity index is 400. The first-order valence-corrected chi connectivity index (χ1v) is 9.08. The standard InChI is InChI=1S/C17H28N2S/c1-4-10-19-11-8-15(9-12-19)14(2)18-16-6-5-7-17(13-16)20-3/h5-7,13-15,18H,4,8-12H2,1-3H3. The number of anilines is 1. The molecule has 0 bridgehead atoms. The molecule has 0 spiro atoms. The van der Waals surface area contributed by atoms with E-state index in [0.29, 0.717) is 6.04 Å². The van der Waals surface area contributed by atoms with E-state index in [1.165, 1.54) is 49.5 Å². The third kappa shape index (κ3) is 4.42. The highest BCUT2D eigenvalue weighted by atomic mass is 32.2. The van der Waals surface area contributed by atoms with Gasteiger partial charge in [-0.1, -0.05) is 13.0 Å². The van der Waals surface area contributed by atoms with E-state index in [9.17, 15) is 0 Å². The zero-order chi connectivity index (χ0) is 14.4. The molecule has 1 saturated heterocycles. The van der Waals surface area contributed by atoms with Crippen LogP contribution in [0, 0.1) is 5.92 Å². The average Bonchev–Trinajstić information content (AvgIpc) is 2.48. The molecule has 1 heterocycles. The van der Waals surface area contributed by atoms with Gasteiger partial charge in [-0.3, -0.25) is 0 Å². The Balaban J connectivity index is 1.84. The highest BCUT2D eigenvalue weighted by molar-refractivity contribution is 7.98. The van der Waals surface area contributed by atoms with Crippen LogP contribution in [0.1, 0.15) is 33.1 Å². The van der Waals surface area contributed by atoms with Crippen LogP contribution in [0.4, 0.5) is 5.69 Å². The van der Waals surface area contributed by atoms with Crippen LogP contribution in [0.3, 0.4) is 0 Å². The van der Waals surface area contributed by atoms with E-state index >= 15 is 0 Å². The molecule has 3 heteroatoms. The van der Waals surface area contributed by atoms with E-state index in [-0.39, 0.29) is 0 Å². The first-order chi connectivity index (χ1) is 9.72. The van der Waals surface area contributed by atoms with Crippen LogP contribution in [-0.4, -0.2) is 36.8 Å². The van der Waals surface area contributed by atoms with E-state index < -0.39 is 0 Å². The van der Waals surface area contributed by atoms with Crippen molar-refractivity contribution >= 4 is 17.4 Å². The van der Waals surface area contributed by atoms with E-state index in [1.54, 1.807) is 11.8 Å². The predicted octanol–water partition coefficient (Wildman–Crippen LogP) is 4.33. The Morgan fingerprint density at radius 1 is 1.35 bits per heavy atom. The molecule has 0 amide bonds. The number of rotatable bonds is 6. The minimum absolute atomic E-state index is 0.566. The Hall–Kier alpha value is -0.670. The number of nitrogens with zero attached hydrogens (tertiary/aromatic N) is 1. The average molecular weight is 292 g/mol. The fourth-order valence-electron chi connectivity index (χ4n) is 3.09. The third-order valence-corrected chi connectivity index (χ3v) is 5.07. The van der Waals surface area contributed by atoms with E-state index in [0.717, 1.165) is 5.92 Å². The van der Waals surface area contributed by atoms with Gasteiger partial charge in [0.1, 0.15) is 0 Å². The van der Waals surface area contributed by atoms with Crippen molar-refractivity contribution in [2.45, 2.75) is 44.0 Å². The molecule has 0 aliphatic carbocycles. The summed E-state index contributed by atoms with van der Waals surface area (Å²) in [6.45, 7) is 8.43. The van der Waals surface area contributed by atoms with Crippen molar-refractivity contribution in [2.24, 2.45) is 5.92 Å².